The van der Waals surface area contributed by atoms with Gasteiger partial charge in [-0.25, -0.2) is 4.79 Å². The smallest absolute Gasteiger partial charge is 0.338 e. The molecule has 3 rings (SSSR count). The van der Waals surface area contributed by atoms with Crippen LogP contribution < -0.4 is 10.6 Å². The van der Waals surface area contributed by atoms with Gasteiger partial charge in [0.15, 0.2) is 0 Å². The topological polar surface area (TPSA) is 95.5 Å². The van der Waals surface area contributed by atoms with Gasteiger partial charge in [-0.3, -0.25) is 9.59 Å². The second kappa shape index (κ2) is 11.7. The second-order valence-corrected chi connectivity index (χ2v) is 10.1. The number of aryl methyl sites for hydroxylation is 1. The van der Waals surface area contributed by atoms with Crippen molar-refractivity contribution in [2.75, 3.05) is 16.4 Å². The third-order valence-corrected chi connectivity index (χ3v) is 7.71. The Morgan fingerprint density at radius 2 is 1.43 bits per heavy atom. The van der Waals surface area contributed by atoms with Crippen molar-refractivity contribution >= 4 is 98.9 Å². The number of benzene rings is 3. The fraction of sp³-hybridized carbons (Fsp3) is 0.0870. The Labute approximate surface area is 229 Å². The molecule has 0 saturated carbocycles. The summed E-state index contributed by atoms with van der Waals surface area (Å²) in [6.07, 6.45) is 0. The van der Waals surface area contributed by atoms with Crippen LogP contribution in [0, 0.1) is 6.92 Å². The number of nitrogens with one attached hydrogen (secondary N) is 2. The van der Waals surface area contributed by atoms with Crippen molar-refractivity contribution in [3.63, 3.8) is 0 Å². The number of hydrogen-bond donors (Lipinski definition) is 3. The summed E-state index contributed by atoms with van der Waals surface area (Å²) in [5.74, 6) is -2.37. The molecule has 0 aliphatic carbocycles. The Kier molecular flexibility index (Phi) is 9.21. The van der Waals surface area contributed by atoms with Gasteiger partial charge >= 0.3 is 5.97 Å². The summed E-state index contributed by atoms with van der Waals surface area (Å²) in [4.78, 5) is 37.5. The second-order valence-electron chi connectivity index (χ2n) is 7.09. The van der Waals surface area contributed by atoms with Crippen LogP contribution in [0.3, 0.4) is 0 Å². The average molecular weight is 593 g/mol. The van der Waals surface area contributed by atoms with Gasteiger partial charge in [0.1, 0.15) is 0 Å². The molecule has 3 aromatic rings. The number of anilines is 2. The zero-order valence-corrected chi connectivity index (χ0v) is 22.3. The predicted molar refractivity (Wildman–Crippen MR) is 143 cm³/mol. The monoisotopic (exact) mass is 590 g/mol. The Morgan fingerprint density at radius 1 is 0.829 bits per heavy atom. The molecule has 0 spiro atoms. The van der Waals surface area contributed by atoms with Gasteiger partial charge in [-0.05, 0) is 48.9 Å². The molecule has 0 heterocycles. The molecule has 0 aliphatic heterocycles. The molecule has 0 saturated heterocycles. The van der Waals surface area contributed by atoms with Gasteiger partial charge < -0.3 is 15.7 Å². The van der Waals surface area contributed by atoms with E-state index in [-0.39, 0.29) is 26.7 Å². The molecule has 3 N–H and O–H groups in total. The molecular weight excluding hydrogens is 578 g/mol. The highest BCUT2D eigenvalue weighted by Crippen LogP contribution is 2.41. The summed E-state index contributed by atoms with van der Waals surface area (Å²) < 4.78 is 0. The number of carbonyl (C=O) groups is 3. The molecule has 0 aliphatic rings. The highest BCUT2D eigenvalue weighted by atomic mass is 35.5. The van der Waals surface area contributed by atoms with E-state index in [0.29, 0.717) is 16.4 Å². The molecule has 3 aromatic carbocycles. The van der Waals surface area contributed by atoms with E-state index in [2.05, 4.69) is 10.6 Å². The van der Waals surface area contributed by atoms with E-state index < -0.39 is 28.0 Å². The Morgan fingerprint density at radius 3 is 2.03 bits per heavy atom. The summed E-state index contributed by atoms with van der Waals surface area (Å²) in [6.45, 7) is 1.87. The van der Waals surface area contributed by atoms with E-state index in [1.54, 1.807) is 36.4 Å². The molecule has 12 heteroatoms. The van der Waals surface area contributed by atoms with Crippen LogP contribution in [0.15, 0.2) is 47.4 Å². The molecule has 182 valence electrons. The first-order valence-electron chi connectivity index (χ1n) is 9.69. The lowest BCUT2D eigenvalue weighted by Crippen LogP contribution is -2.18. The lowest BCUT2D eigenvalue weighted by molar-refractivity contribution is -0.113. The van der Waals surface area contributed by atoms with E-state index in [9.17, 15) is 19.5 Å². The highest BCUT2D eigenvalue weighted by Gasteiger charge is 2.28. The zero-order chi connectivity index (χ0) is 25.9. The van der Waals surface area contributed by atoms with Crippen molar-refractivity contribution in [2.45, 2.75) is 11.8 Å². The van der Waals surface area contributed by atoms with Gasteiger partial charge in [0.05, 0.1) is 37.0 Å². The first-order chi connectivity index (χ1) is 16.5. The molecule has 0 unspecified atom stereocenters. The maximum atomic E-state index is 12.8. The number of carboxylic acid groups (broad SMARTS) is 1. The summed E-state index contributed by atoms with van der Waals surface area (Å²) in [7, 11) is 0. The maximum absolute atomic E-state index is 12.8. The summed E-state index contributed by atoms with van der Waals surface area (Å²) in [5, 5.41) is 14.2. The largest absolute Gasteiger partial charge is 0.478 e. The number of rotatable bonds is 7. The molecule has 6 nitrogen and oxygen atoms in total. The van der Waals surface area contributed by atoms with Crippen molar-refractivity contribution in [1.29, 1.82) is 0 Å². The first-order valence-corrected chi connectivity index (χ1v) is 12.6. The molecule has 0 aromatic heterocycles. The van der Waals surface area contributed by atoms with Crippen LogP contribution in [-0.4, -0.2) is 28.6 Å². The Bertz CT molecular complexity index is 1330. The number of aromatic carboxylic acids is 1. The molecule has 0 atom stereocenters. The molecule has 35 heavy (non-hydrogen) atoms. The van der Waals surface area contributed by atoms with Crippen LogP contribution in [0.1, 0.15) is 26.3 Å². The number of hydrogen-bond acceptors (Lipinski definition) is 4. The minimum atomic E-state index is -1.49. The molecule has 0 bridgehead atoms. The van der Waals surface area contributed by atoms with Crippen molar-refractivity contribution in [3.8, 4) is 0 Å². The van der Waals surface area contributed by atoms with Crippen LogP contribution >= 0.6 is 69.8 Å². The van der Waals surface area contributed by atoms with Crippen molar-refractivity contribution in [1.82, 2.24) is 0 Å². The normalized spacial score (nSPS) is 10.7. The fourth-order valence-electron chi connectivity index (χ4n) is 2.94. The molecule has 0 radical (unpaired) electrons. The van der Waals surface area contributed by atoms with Gasteiger partial charge in [0, 0.05) is 21.3 Å². The first kappa shape index (κ1) is 27.5. The van der Waals surface area contributed by atoms with Crippen LogP contribution in [0.5, 0.6) is 0 Å². The summed E-state index contributed by atoms with van der Waals surface area (Å²) in [6, 6.07) is 11.8. The van der Waals surface area contributed by atoms with Crippen LogP contribution in [-0.2, 0) is 4.79 Å². The van der Waals surface area contributed by atoms with Crippen molar-refractivity contribution in [3.05, 3.63) is 84.3 Å². The maximum Gasteiger partial charge on any atom is 0.338 e. The SMILES string of the molecule is Cc1ccc(Cl)cc1NC(=O)CSc1ccc(NC(=O)c2c(Cl)c(Cl)c(Cl)c(Cl)c2C(=O)O)cc1. The summed E-state index contributed by atoms with van der Waals surface area (Å²) >= 11 is 31.3. The Balaban J connectivity index is 1.68. The number of amides is 2. The molecule has 0 fully saturated rings. The number of carboxylic acids is 1. The zero-order valence-electron chi connectivity index (χ0n) is 17.7. The van der Waals surface area contributed by atoms with Crippen molar-refractivity contribution in [2.24, 2.45) is 0 Å². The quantitative estimate of drug-likeness (QED) is 0.147. The van der Waals surface area contributed by atoms with E-state index in [1.807, 2.05) is 13.0 Å². The lowest BCUT2D eigenvalue weighted by atomic mass is 10.1. The van der Waals surface area contributed by atoms with Gasteiger partial charge in [-0.15, -0.1) is 11.8 Å². The van der Waals surface area contributed by atoms with Crippen LogP contribution in [0.2, 0.25) is 25.1 Å². The van der Waals surface area contributed by atoms with E-state index in [0.717, 1.165) is 10.5 Å². The van der Waals surface area contributed by atoms with Crippen LogP contribution in [0.25, 0.3) is 0 Å². The summed E-state index contributed by atoms with van der Waals surface area (Å²) in [5.41, 5.74) is 0.917. The van der Waals surface area contributed by atoms with Crippen LogP contribution in [0.4, 0.5) is 11.4 Å². The minimum absolute atomic E-state index is 0.150. The lowest BCUT2D eigenvalue weighted by Gasteiger charge is -2.14. The number of thioether (sulfide) groups is 1. The van der Waals surface area contributed by atoms with Gasteiger partial charge in [-0.1, -0.05) is 64.1 Å². The molecular formula is C23H15Cl5N2O4S. The number of carbonyl (C=O) groups excluding carboxylic acids is 2. The standard InChI is InChI=1S/C23H15Cl5N2O4S/c1-10-2-3-11(24)8-14(10)30-15(31)9-35-13-6-4-12(5-7-13)29-22(32)16-17(23(33)34)19(26)21(28)20(27)18(16)25/h2-8H,9H2,1H3,(H,29,32)(H,30,31)(H,33,34). The average Bonchev–Trinajstić information content (AvgIpc) is 2.81. The van der Waals surface area contributed by atoms with E-state index >= 15 is 0 Å². The Hall–Kier alpha value is -2.13. The number of halogens is 5. The predicted octanol–water partition coefficient (Wildman–Crippen LogP) is 7.94. The third kappa shape index (κ3) is 6.55. The van der Waals surface area contributed by atoms with E-state index in [1.165, 1.54) is 11.8 Å². The molecule has 2 amide bonds. The highest BCUT2D eigenvalue weighted by molar-refractivity contribution is 8.00. The van der Waals surface area contributed by atoms with Crippen molar-refractivity contribution < 1.29 is 19.5 Å². The van der Waals surface area contributed by atoms with Gasteiger partial charge in [0.2, 0.25) is 5.91 Å². The van der Waals surface area contributed by atoms with Gasteiger partial charge in [0.25, 0.3) is 5.91 Å². The van der Waals surface area contributed by atoms with Gasteiger partial charge in [-0.2, -0.15) is 0 Å². The fourth-order valence-corrected chi connectivity index (χ4v) is 4.83. The third-order valence-electron chi connectivity index (χ3n) is 4.66. The van der Waals surface area contributed by atoms with E-state index in [4.69, 9.17) is 58.0 Å². The minimum Gasteiger partial charge on any atom is -0.478 e.